The summed E-state index contributed by atoms with van der Waals surface area (Å²) in [6.07, 6.45) is 0.983. The van der Waals surface area contributed by atoms with Crippen molar-refractivity contribution in [2.75, 3.05) is 0 Å². The molecule has 2 aromatic rings. The van der Waals surface area contributed by atoms with Gasteiger partial charge in [-0.1, -0.05) is 13.8 Å². The molecule has 0 unspecified atom stereocenters. The lowest BCUT2D eigenvalue weighted by atomic mass is 10.4. The summed E-state index contributed by atoms with van der Waals surface area (Å²) in [4.78, 5) is 9.72. The third kappa shape index (κ3) is 1.58. The van der Waals surface area contributed by atoms with Gasteiger partial charge in [0.05, 0.1) is 5.52 Å². The smallest absolute Gasteiger partial charge is 0.289 e. The molecule has 2 rings (SSSR count). The lowest BCUT2D eigenvalue weighted by Gasteiger charge is -1.80. The van der Waals surface area contributed by atoms with Crippen LogP contribution in [0.1, 0.15) is 13.8 Å². The Morgan fingerprint density at radius 3 is 2.83 bits per heavy atom. The molecule has 0 saturated carbocycles. The van der Waals surface area contributed by atoms with Gasteiger partial charge in [-0.15, -0.1) is 0 Å². The Kier molecular flexibility index (Phi) is 2.74. The van der Waals surface area contributed by atoms with Crippen molar-refractivity contribution >= 4 is 11.2 Å². The molecule has 0 aliphatic heterocycles. The van der Waals surface area contributed by atoms with Crippen molar-refractivity contribution in [3.63, 3.8) is 0 Å². The number of nitrogens with one attached hydrogen (secondary N) is 1. The second kappa shape index (κ2) is 3.80. The molecule has 12 heavy (non-hydrogen) atoms. The van der Waals surface area contributed by atoms with E-state index in [0.29, 0.717) is 11.2 Å². The summed E-state index contributed by atoms with van der Waals surface area (Å²) in [6.45, 7) is 4.00. The normalized spacial score (nSPS) is 9.25. The first-order chi connectivity index (χ1) is 5.86. The predicted molar refractivity (Wildman–Crippen MR) is 45.2 cm³/mol. The predicted octanol–water partition coefficient (Wildman–Crippen LogP) is 2.12. The Hall–Kier alpha value is -1.45. The van der Waals surface area contributed by atoms with Gasteiger partial charge in [0.25, 0.3) is 6.08 Å². The van der Waals surface area contributed by atoms with Crippen molar-refractivity contribution in [2.24, 2.45) is 0 Å². The summed E-state index contributed by atoms with van der Waals surface area (Å²) in [5, 5.41) is 0. The van der Waals surface area contributed by atoms with Gasteiger partial charge >= 0.3 is 0 Å². The van der Waals surface area contributed by atoms with Crippen LogP contribution in [0.4, 0.5) is 4.39 Å². The molecule has 0 atom stereocenters. The van der Waals surface area contributed by atoms with Crippen molar-refractivity contribution < 1.29 is 4.39 Å². The minimum atomic E-state index is -0.589. The van der Waals surface area contributed by atoms with Crippen LogP contribution >= 0.6 is 0 Å². The Bertz CT molecular complexity index is 323. The second-order valence-electron chi connectivity index (χ2n) is 1.90. The molecule has 0 amide bonds. The zero-order valence-electron chi connectivity index (χ0n) is 7.00. The highest BCUT2D eigenvalue weighted by Gasteiger charge is 1.98. The Morgan fingerprint density at radius 1 is 1.42 bits per heavy atom. The van der Waals surface area contributed by atoms with Crippen LogP contribution in [0.3, 0.4) is 0 Å². The highest BCUT2D eigenvalue weighted by molar-refractivity contribution is 5.68. The van der Waals surface area contributed by atoms with Crippen LogP contribution in [0.5, 0.6) is 0 Å². The molecule has 0 aromatic carbocycles. The fraction of sp³-hybridized carbons (Fsp3) is 0.250. The molecule has 0 spiro atoms. The molecular formula is C8H10FN3. The van der Waals surface area contributed by atoms with Crippen LogP contribution in [0, 0.1) is 6.08 Å². The van der Waals surface area contributed by atoms with Gasteiger partial charge in [0.1, 0.15) is 0 Å². The van der Waals surface area contributed by atoms with E-state index >= 15 is 0 Å². The quantitative estimate of drug-likeness (QED) is 0.653. The van der Waals surface area contributed by atoms with E-state index in [1.807, 2.05) is 13.8 Å². The average molecular weight is 167 g/mol. The maximum absolute atomic E-state index is 12.3. The SMILES string of the molecule is CC.Fc1nc2ncccc2[nH]1. The number of rotatable bonds is 0. The summed E-state index contributed by atoms with van der Waals surface area (Å²) < 4.78 is 12.3. The van der Waals surface area contributed by atoms with Gasteiger partial charge in [0, 0.05) is 6.20 Å². The van der Waals surface area contributed by atoms with Gasteiger partial charge in [0.15, 0.2) is 5.65 Å². The summed E-state index contributed by atoms with van der Waals surface area (Å²) in [7, 11) is 0. The number of imidazole rings is 1. The maximum Gasteiger partial charge on any atom is 0.289 e. The van der Waals surface area contributed by atoms with E-state index in [2.05, 4.69) is 15.0 Å². The van der Waals surface area contributed by atoms with E-state index in [1.54, 1.807) is 18.3 Å². The van der Waals surface area contributed by atoms with E-state index in [0.717, 1.165) is 0 Å². The Balaban J connectivity index is 0.000000336. The molecule has 2 aromatic heterocycles. The van der Waals surface area contributed by atoms with Gasteiger partial charge in [-0.2, -0.15) is 9.37 Å². The molecule has 0 bridgehead atoms. The van der Waals surface area contributed by atoms with Gasteiger partial charge < -0.3 is 4.98 Å². The highest BCUT2D eigenvalue weighted by atomic mass is 19.1. The minimum absolute atomic E-state index is 0.417. The standard InChI is InChI=1S/C6H4FN3.C2H6/c7-6-9-4-2-1-3-8-5(4)10-6;1-2/h1-3H,(H,8,9,10);1-2H3. The van der Waals surface area contributed by atoms with E-state index in [4.69, 9.17) is 0 Å². The summed E-state index contributed by atoms with van der Waals surface area (Å²) in [5.74, 6) is 0. The maximum atomic E-state index is 12.3. The summed E-state index contributed by atoms with van der Waals surface area (Å²) in [6, 6.07) is 3.44. The Morgan fingerprint density at radius 2 is 2.17 bits per heavy atom. The fourth-order valence-electron chi connectivity index (χ4n) is 0.816. The second-order valence-corrected chi connectivity index (χ2v) is 1.90. The zero-order chi connectivity index (χ0) is 8.97. The van der Waals surface area contributed by atoms with E-state index in [1.165, 1.54) is 0 Å². The monoisotopic (exact) mass is 167 g/mol. The number of hydrogen-bond acceptors (Lipinski definition) is 2. The highest BCUT2D eigenvalue weighted by Crippen LogP contribution is 2.04. The van der Waals surface area contributed by atoms with E-state index < -0.39 is 6.08 Å². The molecule has 1 N–H and O–H groups in total. The fourth-order valence-corrected chi connectivity index (χ4v) is 0.816. The van der Waals surface area contributed by atoms with Crippen molar-refractivity contribution in [1.29, 1.82) is 0 Å². The first-order valence-corrected chi connectivity index (χ1v) is 3.82. The number of halogens is 1. The molecule has 64 valence electrons. The van der Waals surface area contributed by atoms with Crippen LogP contribution < -0.4 is 0 Å². The number of H-pyrrole nitrogens is 1. The zero-order valence-corrected chi connectivity index (χ0v) is 7.00. The summed E-state index contributed by atoms with van der Waals surface area (Å²) >= 11 is 0. The first-order valence-electron chi connectivity index (χ1n) is 3.82. The van der Waals surface area contributed by atoms with Crippen LogP contribution in [0.2, 0.25) is 0 Å². The largest absolute Gasteiger partial charge is 0.313 e. The lowest BCUT2D eigenvalue weighted by Crippen LogP contribution is -1.72. The van der Waals surface area contributed by atoms with Gasteiger partial charge in [-0.05, 0) is 12.1 Å². The van der Waals surface area contributed by atoms with Gasteiger partial charge in [-0.25, -0.2) is 4.98 Å². The lowest BCUT2D eigenvalue weighted by molar-refractivity contribution is 0.556. The molecular weight excluding hydrogens is 157 g/mol. The molecule has 2 heterocycles. The molecule has 4 heteroatoms. The minimum Gasteiger partial charge on any atom is -0.313 e. The average Bonchev–Trinajstić information content (AvgIpc) is 2.48. The van der Waals surface area contributed by atoms with E-state index in [-0.39, 0.29) is 0 Å². The number of fused-ring (bicyclic) bond motifs is 1. The molecule has 3 nitrogen and oxygen atoms in total. The molecule has 0 radical (unpaired) electrons. The number of aromatic amines is 1. The van der Waals surface area contributed by atoms with Crippen LogP contribution in [0.15, 0.2) is 18.3 Å². The number of aromatic nitrogens is 3. The molecule has 0 aliphatic carbocycles. The molecule has 0 fully saturated rings. The van der Waals surface area contributed by atoms with Crippen molar-refractivity contribution in [3.8, 4) is 0 Å². The van der Waals surface area contributed by atoms with E-state index in [9.17, 15) is 4.39 Å². The number of nitrogens with zero attached hydrogens (tertiary/aromatic N) is 2. The van der Waals surface area contributed by atoms with Gasteiger partial charge in [-0.3, -0.25) is 0 Å². The van der Waals surface area contributed by atoms with Crippen molar-refractivity contribution in [2.45, 2.75) is 13.8 Å². The number of hydrogen-bond donors (Lipinski definition) is 1. The van der Waals surface area contributed by atoms with Crippen molar-refractivity contribution in [3.05, 3.63) is 24.4 Å². The van der Waals surface area contributed by atoms with Crippen LogP contribution in [0.25, 0.3) is 11.2 Å². The van der Waals surface area contributed by atoms with Crippen LogP contribution in [-0.2, 0) is 0 Å². The first kappa shape index (κ1) is 8.64. The van der Waals surface area contributed by atoms with Gasteiger partial charge in [0.2, 0.25) is 0 Å². The topological polar surface area (TPSA) is 41.6 Å². The number of pyridine rings is 1. The third-order valence-electron chi connectivity index (χ3n) is 1.23. The van der Waals surface area contributed by atoms with Crippen LogP contribution in [-0.4, -0.2) is 15.0 Å². The van der Waals surface area contributed by atoms with Crippen molar-refractivity contribution in [1.82, 2.24) is 15.0 Å². The summed E-state index contributed by atoms with van der Waals surface area (Å²) in [5.41, 5.74) is 1.04. The third-order valence-corrected chi connectivity index (χ3v) is 1.23. The molecule has 0 aliphatic rings. The Labute approximate surface area is 69.7 Å². The molecule has 0 saturated heterocycles.